The van der Waals surface area contributed by atoms with Gasteiger partial charge in [0.05, 0.1) is 5.54 Å². The Balaban J connectivity index is 2.70. The zero-order valence-electron chi connectivity index (χ0n) is 11.2. The molecule has 0 radical (unpaired) electrons. The van der Waals surface area contributed by atoms with Gasteiger partial charge in [-0.05, 0) is 49.7 Å². The summed E-state index contributed by atoms with van der Waals surface area (Å²) in [5.41, 5.74) is 1.82. The smallest absolute Gasteiger partial charge is 0.171 e. The zero-order chi connectivity index (χ0) is 13.6. The van der Waals surface area contributed by atoms with Gasteiger partial charge in [0.25, 0.3) is 0 Å². The molecule has 0 aliphatic carbocycles. The molecule has 2 nitrogen and oxygen atoms in total. The number of rotatable bonds is 4. The standard InChI is InChI=1S/C15H20N2S/c1-5-15(6-2,7-3)17-14(18)16-13-10-8-9-12(4)11-13/h1,8-11H,6-7H2,2-4H3,(H2,16,17,18). The second-order valence-electron chi connectivity index (χ2n) is 4.38. The molecule has 96 valence electrons. The Morgan fingerprint density at radius 3 is 2.56 bits per heavy atom. The molecule has 1 rings (SSSR count). The highest BCUT2D eigenvalue weighted by Crippen LogP contribution is 2.15. The Hall–Kier alpha value is -1.53. The minimum absolute atomic E-state index is 0.353. The number of thiocarbonyl (C=S) groups is 1. The zero-order valence-corrected chi connectivity index (χ0v) is 12.0. The monoisotopic (exact) mass is 260 g/mol. The summed E-state index contributed by atoms with van der Waals surface area (Å²) in [5, 5.41) is 6.97. The van der Waals surface area contributed by atoms with Gasteiger partial charge in [-0.2, -0.15) is 0 Å². The number of benzene rings is 1. The first-order valence-electron chi connectivity index (χ1n) is 6.19. The first-order chi connectivity index (χ1) is 8.55. The first-order valence-corrected chi connectivity index (χ1v) is 6.59. The summed E-state index contributed by atoms with van der Waals surface area (Å²) < 4.78 is 0. The molecule has 0 spiro atoms. The molecule has 0 aromatic heterocycles. The van der Waals surface area contributed by atoms with E-state index in [1.807, 2.05) is 31.2 Å². The van der Waals surface area contributed by atoms with Crippen LogP contribution in [-0.2, 0) is 0 Å². The molecule has 0 aliphatic heterocycles. The molecule has 18 heavy (non-hydrogen) atoms. The van der Waals surface area contributed by atoms with Crippen LogP contribution in [0.4, 0.5) is 5.69 Å². The van der Waals surface area contributed by atoms with Gasteiger partial charge in [-0.15, -0.1) is 6.42 Å². The van der Waals surface area contributed by atoms with Crippen molar-refractivity contribution < 1.29 is 0 Å². The minimum atomic E-state index is -0.353. The first kappa shape index (κ1) is 14.5. The molecule has 0 fully saturated rings. The molecule has 0 aliphatic rings. The summed E-state index contributed by atoms with van der Waals surface area (Å²) in [6.07, 6.45) is 7.28. The number of nitrogens with one attached hydrogen (secondary N) is 2. The van der Waals surface area contributed by atoms with E-state index in [2.05, 4.69) is 30.4 Å². The van der Waals surface area contributed by atoms with E-state index in [0.717, 1.165) is 18.5 Å². The maximum Gasteiger partial charge on any atom is 0.171 e. The molecule has 0 saturated carbocycles. The molecule has 0 bridgehead atoms. The van der Waals surface area contributed by atoms with Gasteiger partial charge in [0.15, 0.2) is 5.11 Å². The molecule has 1 aromatic carbocycles. The number of hydrogen-bond acceptors (Lipinski definition) is 1. The van der Waals surface area contributed by atoms with Crippen molar-refractivity contribution in [3.05, 3.63) is 29.8 Å². The third-order valence-electron chi connectivity index (χ3n) is 3.11. The van der Waals surface area contributed by atoms with E-state index >= 15 is 0 Å². The van der Waals surface area contributed by atoms with Gasteiger partial charge in [-0.1, -0.05) is 31.9 Å². The van der Waals surface area contributed by atoms with E-state index < -0.39 is 0 Å². The lowest BCUT2D eigenvalue weighted by atomic mass is 9.94. The van der Waals surface area contributed by atoms with Crippen molar-refractivity contribution in [2.75, 3.05) is 5.32 Å². The van der Waals surface area contributed by atoms with E-state index in [1.165, 1.54) is 5.56 Å². The molecule has 3 heteroatoms. The third-order valence-corrected chi connectivity index (χ3v) is 3.32. The van der Waals surface area contributed by atoms with Crippen LogP contribution in [0.25, 0.3) is 0 Å². The van der Waals surface area contributed by atoms with Gasteiger partial charge in [0.2, 0.25) is 0 Å². The van der Waals surface area contributed by atoms with Crippen molar-refractivity contribution in [2.24, 2.45) is 0 Å². The van der Waals surface area contributed by atoms with E-state index in [-0.39, 0.29) is 5.54 Å². The Bertz CT molecular complexity index is 456. The molecule has 0 heterocycles. The lowest BCUT2D eigenvalue weighted by Gasteiger charge is -2.28. The second kappa shape index (κ2) is 6.42. The Labute approximate surface area is 115 Å². The topological polar surface area (TPSA) is 24.1 Å². The van der Waals surface area contributed by atoms with Crippen LogP contribution in [0.1, 0.15) is 32.3 Å². The Morgan fingerprint density at radius 1 is 1.39 bits per heavy atom. The summed E-state index contributed by atoms with van der Waals surface area (Å²) in [6.45, 7) is 6.17. The number of terminal acetylenes is 1. The maximum atomic E-state index is 5.59. The SMILES string of the molecule is C#CC(CC)(CC)NC(=S)Nc1cccc(C)c1. The fourth-order valence-electron chi connectivity index (χ4n) is 1.77. The van der Waals surface area contributed by atoms with Gasteiger partial charge in [0, 0.05) is 5.69 Å². The van der Waals surface area contributed by atoms with Gasteiger partial charge >= 0.3 is 0 Å². The van der Waals surface area contributed by atoms with E-state index in [4.69, 9.17) is 18.6 Å². The summed E-state index contributed by atoms with van der Waals surface area (Å²) in [5.74, 6) is 2.80. The average molecular weight is 260 g/mol. The highest BCUT2D eigenvalue weighted by Gasteiger charge is 2.23. The van der Waals surface area contributed by atoms with E-state index in [9.17, 15) is 0 Å². The predicted octanol–water partition coefficient (Wildman–Crippen LogP) is 3.47. The molecule has 0 amide bonds. The molecule has 1 aromatic rings. The highest BCUT2D eigenvalue weighted by molar-refractivity contribution is 7.80. The van der Waals surface area contributed by atoms with Crippen molar-refractivity contribution in [2.45, 2.75) is 39.2 Å². The normalized spacial score (nSPS) is 10.6. The van der Waals surface area contributed by atoms with Crippen LogP contribution in [0, 0.1) is 19.3 Å². The van der Waals surface area contributed by atoms with E-state index in [0.29, 0.717) is 5.11 Å². The molecular formula is C15H20N2S. The highest BCUT2D eigenvalue weighted by atomic mass is 32.1. The van der Waals surface area contributed by atoms with Crippen molar-refractivity contribution in [1.29, 1.82) is 0 Å². The van der Waals surface area contributed by atoms with Crippen LogP contribution in [0.15, 0.2) is 24.3 Å². The van der Waals surface area contributed by atoms with Crippen molar-refractivity contribution >= 4 is 23.0 Å². The number of hydrogen-bond donors (Lipinski definition) is 2. The second-order valence-corrected chi connectivity index (χ2v) is 4.79. The minimum Gasteiger partial charge on any atom is -0.346 e. The molecule has 0 saturated heterocycles. The van der Waals surface area contributed by atoms with Crippen LogP contribution < -0.4 is 10.6 Å². The van der Waals surface area contributed by atoms with Crippen LogP contribution >= 0.6 is 12.2 Å². The lowest BCUT2D eigenvalue weighted by Crippen LogP contribution is -2.48. The largest absolute Gasteiger partial charge is 0.346 e. The molecule has 0 unspecified atom stereocenters. The summed E-state index contributed by atoms with van der Waals surface area (Å²) in [4.78, 5) is 0. The van der Waals surface area contributed by atoms with Crippen LogP contribution in [0.2, 0.25) is 0 Å². The van der Waals surface area contributed by atoms with Gasteiger partial charge in [0.1, 0.15) is 0 Å². The predicted molar refractivity (Wildman–Crippen MR) is 82.7 cm³/mol. The van der Waals surface area contributed by atoms with Gasteiger partial charge in [-0.25, -0.2) is 0 Å². The molecule has 0 atom stereocenters. The molecular weight excluding hydrogens is 240 g/mol. The summed E-state index contributed by atoms with van der Waals surface area (Å²) in [7, 11) is 0. The Kier molecular flexibility index (Phi) is 5.18. The van der Waals surface area contributed by atoms with Crippen LogP contribution in [0.3, 0.4) is 0 Å². The van der Waals surface area contributed by atoms with Crippen molar-refractivity contribution in [1.82, 2.24) is 5.32 Å². The number of anilines is 1. The maximum absolute atomic E-state index is 5.59. The quantitative estimate of drug-likeness (QED) is 0.640. The third kappa shape index (κ3) is 3.75. The number of aryl methyl sites for hydroxylation is 1. The van der Waals surface area contributed by atoms with Crippen molar-refractivity contribution in [3.63, 3.8) is 0 Å². The molecule has 2 N–H and O–H groups in total. The fourth-order valence-corrected chi connectivity index (χ4v) is 2.08. The average Bonchev–Trinajstić information content (AvgIpc) is 2.36. The lowest BCUT2D eigenvalue weighted by molar-refractivity contribution is 0.461. The van der Waals surface area contributed by atoms with Gasteiger partial charge < -0.3 is 10.6 Å². The van der Waals surface area contributed by atoms with Crippen LogP contribution in [0.5, 0.6) is 0 Å². The Morgan fingerprint density at radius 2 is 2.06 bits per heavy atom. The van der Waals surface area contributed by atoms with Crippen molar-refractivity contribution in [3.8, 4) is 12.3 Å². The van der Waals surface area contributed by atoms with Crippen LogP contribution in [-0.4, -0.2) is 10.7 Å². The van der Waals surface area contributed by atoms with Gasteiger partial charge in [-0.3, -0.25) is 0 Å². The summed E-state index contributed by atoms with van der Waals surface area (Å²) in [6, 6.07) is 8.07. The van der Waals surface area contributed by atoms with E-state index in [1.54, 1.807) is 0 Å². The summed E-state index contributed by atoms with van der Waals surface area (Å²) >= 11 is 5.31. The fraction of sp³-hybridized carbons (Fsp3) is 0.400.